The topological polar surface area (TPSA) is 92.8 Å². The van der Waals surface area contributed by atoms with Gasteiger partial charge in [-0.1, -0.05) is 30.1 Å². The van der Waals surface area contributed by atoms with Gasteiger partial charge in [-0.2, -0.15) is 0 Å². The summed E-state index contributed by atoms with van der Waals surface area (Å²) in [5.41, 5.74) is 0.380. The van der Waals surface area contributed by atoms with Gasteiger partial charge in [0.25, 0.3) is 5.91 Å². The van der Waals surface area contributed by atoms with Crippen LogP contribution in [-0.4, -0.2) is 33.1 Å². The summed E-state index contributed by atoms with van der Waals surface area (Å²) in [5.74, 6) is -1.71. The molecule has 0 aromatic heterocycles. The molecule has 2 amide bonds. The van der Waals surface area contributed by atoms with Crippen LogP contribution < -0.4 is 14.4 Å². The molecule has 2 aromatic rings. The lowest BCUT2D eigenvalue weighted by molar-refractivity contribution is -0.119. The van der Waals surface area contributed by atoms with Crippen molar-refractivity contribution in [1.82, 2.24) is 0 Å². The summed E-state index contributed by atoms with van der Waals surface area (Å²) in [6.07, 6.45) is 0. The number of methoxy groups -OCH3 is 1. The normalized spacial score (nSPS) is 18.2. The minimum atomic E-state index is -3.80. The van der Waals surface area contributed by atoms with E-state index in [2.05, 4.69) is 5.32 Å². The molecule has 2 aromatic carbocycles. The summed E-state index contributed by atoms with van der Waals surface area (Å²) < 4.78 is 30.5. The summed E-state index contributed by atoms with van der Waals surface area (Å²) in [7, 11) is -2.36. The first kappa shape index (κ1) is 20.4. The van der Waals surface area contributed by atoms with Gasteiger partial charge in [-0.25, -0.2) is 12.7 Å². The van der Waals surface area contributed by atoms with Gasteiger partial charge < -0.3 is 10.1 Å². The molecule has 0 aliphatic carbocycles. The van der Waals surface area contributed by atoms with Crippen LogP contribution in [0.4, 0.5) is 11.4 Å². The molecule has 1 unspecified atom stereocenters. The van der Waals surface area contributed by atoms with E-state index in [0.29, 0.717) is 20.8 Å². The van der Waals surface area contributed by atoms with Crippen LogP contribution in [-0.2, 0) is 14.8 Å². The molecule has 148 valence electrons. The van der Waals surface area contributed by atoms with Crippen LogP contribution in [0.5, 0.6) is 5.75 Å². The van der Waals surface area contributed by atoms with E-state index in [9.17, 15) is 18.0 Å². The zero-order valence-corrected chi connectivity index (χ0v) is 17.2. The second kappa shape index (κ2) is 7.62. The Morgan fingerprint density at radius 2 is 1.93 bits per heavy atom. The standard InChI is InChI=1S/C18H16Cl2N2O5S/c1-10-9-28(25,26)22(18(10)24)12-4-5-14(20)13(8-12)17(23)21-15-7-11(19)3-6-16(15)27-2/h3-8,10H,9H2,1-2H3,(H,21,23). The zero-order valence-electron chi connectivity index (χ0n) is 14.9. The molecule has 1 N–H and O–H groups in total. The van der Waals surface area contributed by atoms with Crippen LogP contribution in [0, 0.1) is 5.92 Å². The highest BCUT2D eigenvalue weighted by molar-refractivity contribution is 7.94. The largest absolute Gasteiger partial charge is 0.495 e. The van der Waals surface area contributed by atoms with E-state index in [-0.39, 0.29) is 22.0 Å². The van der Waals surface area contributed by atoms with E-state index < -0.39 is 27.8 Å². The molecule has 3 rings (SSSR count). The Morgan fingerprint density at radius 3 is 2.54 bits per heavy atom. The quantitative estimate of drug-likeness (QED) is 0.780. The van der Waals surface area contributed by atoms with Crippen LogP contribution in [0.2, 0.25) is 10.0 Å². The smallest absolute Gasteiger partial charge is 0.257 e. The lowest BCUT2D eigenvalue weighted by Gasteiger charge is -2.17. The molecule has 1 aliphatic heterocycles. The molecular weight excluding hydrogens is 427 g/mol. The summed E-state index contributed by atoms with van der Waals surface area (Å²) in [6.45, 7) is 1.54. The third-order valence-electron chi connectivity index (χ3n) is 4.20. The minimum Gasteiger partial charge on any atom is -0.495 e. The third kappa shape index (κ3) is 3.80. The lowest BCUT2D eigenvalue weighted by atomic mass is 10.1. The fourth-order valence-electron chi connectivity index (χ4n) is 2.87. The fourth-order valence-corrected chi connectivity index (χ4v) is 5.06. The van der Waals surface area contributed by atoms with Gasteiger partial charge in [-0.15, -0.1) is 0 Å². The molecule has 0 saturated carbocycles. The van der Waals surface area contributed by atoms with Gasteiger partial charge >= 0.3 is 0 Å². The number of ether oxygens (including phenoxy) is 1. The molecule has 1 aliphatic rings. The fraction of sp³-hybridized carbons (Fsp3) is 0.222. The number of nitrogens with one attached hydrogen (secondary N) is 1. The van der Waals surface area contributed by atoms with Gasteiger partial charge in [-0.05, 0) is 36.4 Å². The first-order valence-corrected chi connectivity index (χ1v) is 10.5. The SMILES string of the molecule is COc1ccc(Cl)cc1NC(=O)c1cc(N2C(=O)C(C)CS2(=O)=O)ccc1Cl. The van der Waals surface area contributed by atoms with Crippen LogP contribution >= 0.6 is 23.2 Å². The number of nitrogens with zero attached hydrogens (tertiary/aromatic N) is 1. The van der Waals surface area contributed by atoms with Crippen molar-refractivity contribution in [2.45, 2.75) is 6.92 Å². The molecule has 0 radical (unpaired) electrons. The second-order valence-corrected chi connectivity index (χ2v) is 8.95. The Bertz CT molecular complexity index is 1070. The van der Waals surface area contributed by atoms with Gasteiger partial charge in [-0.3, -0.25) is 9.59 Å². The Hall–Kier alpha value is -2.29. The number of carbonyl (C=O) groups is 2. The predicted molar refractivity (Wildman–Crippen MR) is 108 cm³/mol. The Kier molecular flexibility index (Phi) is 5.56. The molecule has 7 nitrogen and oxygen atoms in total. The van der Waals surface area contributed by atoms with E-state index in [0.717, 1.165) is 0 Å². The van der Waals surface area contributed by atoms with Crippen molar-refractivity contribution >= 4 is 56.4 Å². The number of benzene rings is 2. The Morgan fingerprint density at radius 1 is 1.21 bits per heavy atom. The lowest BCUT2D eigenvalue weighted by Crippen LogP contribution is -2.30. The van der Waals surface area contributed by atoms with E-state index in [1.54, 1.807) is 12.1 Å². The first-order chi connectivity index (χ1) is 13.1. The molecule has 1 fully saturated rings. The Balaban J connectivity index is 1.98. The van der Waals surface area contributed by atoms with Crippen molar-refractivity contribution < 1.29 is 22.7 Å². The number of carbonyl (C=O) groups excluding carboxylic acids is 2. The van der Waals surface area contributed by atoms with Crippen LogP contribution in [0.25, 0.3) is 0 Å². The molecule has 0 bridgehead atoms. The Labute approximate surface area is 172 Å². The van der Waals surface area contributed by atoms with Gasteiger partial charge in [0.2, 0.25) is 15.9 Å². The predicted octanol–water partition coefficient (Wildman–Crippen LogP) is 3.57. The average molecular weight is 443 g/mol. The molecular formula is C18H16Cl2N2O5S. The monoisotopic (exact) mass is 442 g/mol. The van der Waals surface area contributed by atoms with Crippen LogP contribution in [0.15, 0.2) is 36.4 Å². The first-order valence-electron chi connectivity index (χ1n) is 8.15. The number of halogens is 2. The van der Waals surface area contributed by atoms with Crippen molar-refractivity contribution in [2.75, 3.05) is 22.5 Å². The van der Waals surface area contributed by atoms with Crippen molar-refractivity contribution in [1.29, 1.82) is 0 Å². The minimum absolute atomic E-state index is 0.00347. The summed E-state index contributed by atoms with van der Waals surface area (Å²) in [6, 6.07) is 8.72. The van der Waals surface area contributed by atoms with E-state index >= 15 is 0 Å². The van der Waals surface area contributed by atoms with Crippen molar-refractivity contribution in [2.24, 2.45) is 5.92 Å². The number of amides is 2. The van der Waals surface area contributed by atoms with Gasteiger partial charge in [0.1, 0.15) is 5.75 Å². The van der Waals surface area contributed by atoms with Gasteiger partial charge in [0.05, 0.1) is 40.7 Å². The molecule has 0 spiro atoms. The number of rotatable bonds is 4. The number of hydrogen-bond acceptors (Lipinski definition) is 5. The molecule has 1 atom stereocenters. The molecule has 28 heavy (non-hydrogen) atoms. The molecule has 1 saturated heterocycles. The second-order valence-electron chi connectivity index (χ2n) is 6.25. The highest BCUT2D eigenvalue weighted by Crippen LogP contribution is 2.33. The third-order valence-corrected chi connectivity index (χ3v) is 6.63. The van der Waals surface area contributed by atoms with Crippen molar-refractivity contribution in [3.05, 3.63) is 52.0 Å². The van der Waals surface area contributed by atoms with Gasteiger partial charge in [0, 0.05) is 5.02 Å². The summed E-state index contributed by atoms with van der Waals surface area (Å²) in [4.78, 5) is 25.0. The van der Waals surface area contributed by atoms with Crippen LogP contribution in [0.3, 0.4) is 0 Å². The summed E-state index contributed by atoms with van der Waals surface area (Å²) >= 11 is 12.1. The zero-order chi connectivity index (χ0) is 20.6. The van der Waals surface area contributed by atoms with Crippen LogP contribution in [0.1, 0.15) is 17.3 Å². The van der Waals surface area contributed by atoms with Crippen molar-refractivity contribution in [3.63, 3.8) is 0 Å². The van der Waals surface area contributed by atoms with Gasteiger partial charge in [0.15, 0.2) is 0 Å². The maximum atomic E-state index is 12.7. The number of anilines is 2. The van der Waals surface area contributed by atoms with Crippen molar-refractivity contribution in [3.8, 4) is 5.75 Å². The number of sulfonamides is 1. The maximum absolute atomic E-state index is 12.7. The van der Waals surface area contributed by atoms with E-state index in [1.165, 1.54) is 38.3 Å². The maximum Gasteiger partial charge on any atom is 0.257 e. The molecule has 1 heterocycles. The molecule has 10 heteroatoms. The average Bonchev–Trinajstić information content (AvgIpc) is 2.83. The van der Waals surface area contributed by atoms with E-state index in [1.807, 2.05) is 0 Å². The highest BCUT2D eigenvalue weighted by atomic mass is 35.5. The number of hydrogen-bond donors (Lipinski definition) is 1. The van der Waals surface area contributed by atoms with E-state index in [4.69, 9.17) is 27.9 Å². The highest BCUT2D eigenvalue weighted by Gasteiger charge is 2.42. The summed E-state index contributed by atoms with van der Waals surface area (Å²) in [5, 5.41) is 3.12.